The van der Waals surface area contributed by atoms with Crippen LogP contribution in [0.1, 0.15) is 88.1 Å². The van der Waals surface area contributed by atoms with Crippen LogP contribution in [0.25, 0.3) is 17.2 Å². The van der Waals surface area contributed by atoms with E-state index in [2.05, 4.69) is 43.7 Å². The van der Waals surface area contributed by atoms with Crippen LogP contribution in [0.15, 0.2) is 101 Å². The molecule has 0 bridgehead atoms. The summed E-state index contributed by atoms with van der Waals surface area (Å²) < 4.78 is 8.15. The number of fused-ring (bicyclic) bond motifs is 3. The number of unbranched alkanes of at least 4 members (excludes halogenated alkanes) is 3. The fourth-order valence-electron chi connectivity index (χ4n) is 10.1. The Morgan fingerprint density at radius 3 is 2.01 bits per heavy atom. The zero-order valence-corrected chi connectivity index (χ0v) is 48.4. The molecule has 3 aliphatic rings. The predicted molar refractivity (Wildman–Crippen MR) is 316 cm³/mol. The Balaban J connectivity index is 0.671. The second-order valence-electron chi connectivity index (χ2n) is 20.1. The molecule has 5 heterocycles. The van der Waals surface area contributed by atoms with Gasteiger partial charge < -0.3 is 25.6 Å². The lowest BCUT2D eigenvalue weighted by molar-refractivity contribution is -0.132. The largest absolute Gasteiger partial charge is 0.494 e. The summed E-state index contributed by atoms with van der Waals surface area (Å²) in [6, 6.07) is 24.3. The van der Waals surface area contributed by atoms with Crippen molar-refractivity contribution in [3.8, 4) is 10.8 Å². The monoisotopic (exact) mass is 1170 g/mol. The number of aromatic nitrogens is 3. The third kappa shape index (κ3) is 14.1. The first-order valence-electron chi connectivity index (χ1n) is 26.3. The van der Waals surface area contributed by atoms with Crippen LogP contribution in [0.3, 0.4) is 0 Å². The number of carbonyl (C=O) groups excluding carboxylic acids is 3. The number of piperazine rings is 1. The Morgan fingerprint density at radius 2 is 1.38 bits per heavy atom. The highest BCUT2D eigenvalue weighted by molar-refractivity contribution is 7.15. The van der Waals surface area contributed by atoms with Gasteiger partial charge >= 0.3 is 0 Å². The number of halogens is 5. The van der Waals surface area contributed by atoms with Crippen molar-refractivity contribution < 1.29 is 19.1 Å². The van der Waals surface area contributed by atoms with E-state index in [0.29, 0.717) is 72.8 Å². The fourth-order valence-corrected chi connectivity index (χ4v) is 12.0. The first-order valence-corrected chi connectivity index (χ1v) is 29.0. The van der Waals surface area contributed by atoms with Crippen LogP contribution in [0.2, 0.25) is 25.1 Å². The van der Waals surface area contributed by atoms with Gasteiger partial charge in [-0.15, -0.1) is 21.5 Å². The van der Waals surface area contributed by atoms with Crippen LogP contribution in [0, 0.1) is 20.8 Å². The van der Waals surface area contributed by atoms with Crippen molar-refractivity contribution in [3.05, 3.63) is 171 Å². The van der Waals surface area contributed by atoms with Crippen LogP contribution < -0.4 is 15.8 Å². The molecule has 0 spiro atoms. The number of aryl methyl sites for hydroxylation is 2. The number of hydrogen-bond donors (Lipinski definition) is 2. The fraction of sp³-hybridized carbons (Fsp3) is 0.356. The third-order valence-electron chi connectivity index (χ3n) is 14.5. The lowest BCUT2D eigenvalue weighted by atomic mass is 9.93. The molecule has 19 heteroatoms. The SMILES string of the molecule is Cc1sc2c(c1C)C(c1ccc(Cl)cc1)=N[C@@H](CC(=O)NCCN1CCN(CCCCCCOc3ccc(C[C@H](N)C(=O)N4C/C(=C\c5ccc(Cl)c(Cl)c5)C(=O)/C(=C/c5ccc(Cl)c(Cl)c5)C4)cc3)CC1)c1nnc(C)n1-2. The van der Waals surface area contributed by atoms with Crippen LogP contribution in [0.4, 0.5) is 0 Å². The number of benzene rings is 4. The van der Waals surface area contributed by atoms with E-state index in [1.165, 1.54) is 4.88 Å². The zero-order valence-electron chi connectivity index (χ0n) is 43.8. The molecule has 2 fully saturated rings. The topological polar surface area (TPSA) is 151 Å². The quantitative estimate of drug-likeness (QED) is 0.0596. The van der Waals surface area contributed by atoms with E-state index in [1.54, 1.807) is 64.8 Å². The minimum atomic E-state index is -0.845. The van der Waals surface area contributed by atoms with Crippen molar-refractivity contribution in [1.29, 1.82) is 0 Å². The Bertz CT molecular complexity index is 3180. The number of nitrogens with one attached hydrogen (secondary N) is 1. The van der Waals surface area contributed by atoms with Crippen molar-refractivity contribution in [2.45, 2.75) is 71.4 Å². The number of carbonyl (C=O) groups is 3. The van der Waals surface area contributed by atoms with Crippen molar-refractivity contribution in [2.75, 3.05) is 65.5 Å². The number of hydrogen-bond acceptors (Lipinski definition) is 11. The molecule has 0 radical (unpaired) electrons. The van der Waals surface area contributed by atoms with Gasteiger partial charge in [0.15, 0.2) is 11.6 Å². The Labute approximate surface area is 485 Å². The van der Waals surface area contributed by atoms with Crippen molar-refractivity contribution in [3.63, 3.8) is 0 Å². The van der Waals surface area contributed by atoms with Crippen molar-refractivity contribution in [2.24, 2.45) is 10.7 Å². The van der Waals surface area contributed by atoms with Gasteiger partial charge in [-0.05, 0) is 130 Å². The summed E-state index contributed by atoms with van der Waals surface area (Å²) >= 11 is 32.8. The summed E-state index contributed by atoms with van der Waals surface area (Å²) in [5.41, 5.74) is 13.6. The van der Waals surface area contributed by atoms with Crippen LogP contribution in [-0.4, -0.2) is 124 Å². The van der Waals surface area contributed by atoms with Crippen LogP contribution in [0.5, 0.6) is 5.75 Å². The highest BCUT2D eigenvalue weighted by Crippen LogP contribution is 2.40. The van der Waals surface area contributed by atoms with E-state index in [0.717, 1.165) is 109 Å². The summed E-state index contributed by atoms with van der Waals surface area (Å²) in [7, 11) is 0. The maximum Gasteiger partial charge on any atom is 0.240 e. The molecule has 78 heavy (non-hydrogen) atoms. The normalized spacial score (nSPS) is 17.4. The van der Waals surface area contributed by atoms with Gasteiger partial charge in [-0.3, -0.25) is 28.8 Å². The molecule has 9 rings (SSSR count). The lowest BCUT2D eigenvalue weighted by Gasteiger charge is -2.34. The molecule has 4 aromatic carbocycles. The molecule has 0 unspecified atom stereocenters. The highest BCUT2D eigenvalue weighted by atomic mass is 35.5. The van der Waals surface area contributed by atoms with Crippen LogP contribution in [-0.2, 0) is 20.8 Å². The number of nitrogens with two attached hydrogens (primary N) is 1. The van der Waals surface area contributed by atoms with Gasteiger partial charge in [-0.25, -0.2) is 0 Å². The number of piperidine rings is 1. The second kappa shape index (κ2) is 26.3. The molecule has 2 aromatic heterocycles. The maximum atomic E-state index is 13.9. The Hall–Kier alpha value is -5.39. The predicted octanol–water partition coefficient (Wildman–Crippen LogP) is 11.6. The average Bonchev–Trinajstić information content (AvgIpc) is 4.13. The van der Waals surface area contributed by atoms with Crippen molar-refractivity contribution in [1.82, 2.24) is 34.8 Å². The summed E-state index contributed by atoms with van der Waals surface area (Å²) in [4.78, 5) is 54.3. The van der Waals surface area contributed by atoms with Gasteiger partial charge in [0.25, 0.3) is 0 Å². The number of aliphatic imine (C=N–C) groups is 1. The number of thiophene rings is 1. The molecule has 2 amide bonds. The number of nitrogens with zero attached hydrogens (tertiary/aromatic N) is 7. The molecular weight excluding hydrogens is 1110 g/mol. The Morgan fingerprint density at radius 1 is 0.769 bits per heavy atom. The number of rotatable bonds is 19. The van der Waals surface area contributed by atoms with E-state index in [4.69, 9.17) is 73.5 Å². The number of ether oxygens (including phenoxy) is 1. The van der Waals surface area contributed by atoms with Gasteiger partial charge in [0.1, 0.15) is 22.6 Å². The van der Waals surface area contributed by atoms with E-state index >= 15 is 0 Å². The minimum Gasteiger partial charge on any atom is -0.494 e. The van der Waals surface area contributed by atoms with Gasteiger partial charge in [0, 0.05) is 84.5 Å². The van der Waals surface area contributed by atoms with Gasteiger partial charge in [-0.1, -0.05) is 107 Å². The summed E-state index contributed by atoms with van der Waals surface area (Å²) in [5.74, 6) is 1.66. The molecule has 408 valence electrons. The standard InChI is InChI=1S/C59H62Cl5N9O4S/c1-36-37(2)78-59-54(36)55(42-12-14-45(60)15-13-42)67-52(57-69-68-38(3)73(57)59)33-53(74)66-20-22-71-25-23-70(24-26-71)21-6-4-5-7-27-77-46-16-8-39(9-17-46)32-51(65)58(76)72-34-43(28-40-10-18-47(61)49(63)30-40)56(75)44(35-72)29-41-11-19-48(62)50(64)31-41/h8-19,28-31,51-52H,4-7,20-27,32-35,65H2,1-3H3,(H,66,74)/b43-28+,44-29+/t51-,52-/m0/s1. The molecule has 0 aliphatic carbocycles. The molecule has 0 saturated carbocycles. The molecule has 6 aromatic rings. The van der Waals surface area contributed by atoms with Gasteiger partial charge in [0.05, 0.1) is 44.9 Å². The highest BCUT2D eigenvalue weighted by Gasteiger charge is 2.34. The number of ketones is 1. The molecule has 2 saturated heterocycles. The number of amides is 2. The van der Waals surface area contributed by atoms with Crippen LogP contribution >= 0.6 is 69.3 Å². The first-order chi connectivity index (χ1) is 37.6. The Kier molecular flexibility index (Phi) is 19.3. The average molecular weight is 1170 g/mol. The maximum absolute atomic E-state index is 13.9. The van der Waals surface area contributed by atoms with Gasteiger partial charge in [-0.2, -0.15) is 0 Å². The summed E-state index contributed by atoms with van der Waals surface area (Å²) in [6.45, 7) is 13.3. The second-order valence-corrected chi connectivity index (χ2v) is 23.3. The number of likely N-dealkylation sites (tertiary alicyclic amines) is 1. The summed E-state index contributed by atoms with van der Waals surface area (Å²) in [5, 5.41) is 15.3. The van der Waals surface area contributed by atoms with E-state index in [-0.39, 0.29) is 37.1 Å². The van der Waals surface area contributed by atoms with E-state index in [1.807, 2.05) is 55.5 Å². The molecule has 2 atom stereocenters. The molecule has 3 N–H and O–H groups in total. The zero-order chi connectivity index (χ0) is 55.0. The molecular formula is C59H62Cl5N9O4S. The first kappa shape index (κ1) is 57.3. The lowest BCUT2D eigenvalue weighted by Crippen LogP contribution is -2.49. The third-order valence-corrected chi connectivity index (χ3v) is 17.4. The van der Waals surface area contributed by atoms with Crippen molar-refractivity contribution >= 4 is 105 Å². The smallest absolute Gasteiger partial charge is 0.240 e. The van der Waals surface area contributed by atoms with E-state index in [9.17, 15) is 14.4 Å². The summed E-state index contributed by atoms with van der Waals surface area (Å²) in [6.07, 6.45) is 8.20. The minimum absolute atomic E-state index is 0.0644. The molecule has 13 nitrogen and oxygen atoms in total. The van der Waals surface area contributed by atoms with Gasteiger partial charge in [0.2, 0.25) is 11.8 Å². The number of Topliss-reactive ketones (excluding diaryl/α,β-unsaturated/α-hetero) is 1. The van der Waals surface area contributed by atoms with E-state index < -0.39 is 12.1 Å². The molecule has 3 aliphatic heterocycles.